The van der Waals surface area contributed by atoms with Gasteiger partial charge in [0.25, 0.3) is 0 Å². The standard InChI is InChI=1S/C13H11BrN4O/c14-10-3-1-9-6-11(4-2-8(9)5-10)16-13-18-17-12(7-15)19-13/h1-6H,7,15H2,(H,16,18). The number of nitrogens with two attached hydrogens (primary N) is 1. The first kappa shape index (κ1) is 12.1. The molecule has 0 aliphatic heterocycles. The normalized spacial score (nSPS) is 10.8. The molecule has 3 aromatic rings. The first-order chi connectivity index (χ1) is 9.24. The minimum atomic E-state index is 0.237. The number of fused-ring (bicyclic) bond motifs is 1. The van der Waals surface area contributed by atoms with Gasteiger partial charge >= 0.3 is 6.01 Å². The zero-order chi connectivity index (χ0) is 13.2. The monoisotopic (exact) mass is 318 g/mol. The number of hydrogen-bond donors (Lipinski definition) is 2. The molecule has 0 saturated carbocycles. The van der Waals surface area contributed by atoms with Crippen molar-refractivity contribution < 1.29 is 4.42 Å². The van der Waals surface area contributed by atoms with Crippen molar-refractivity contribution >= 4 is 38.4 Å². The van der Waals surface area contributed by atoms with Crippen molar-refractivity contribution in [2.24, 2.45) is 5.73 Å². The molecular formula is C13H11BrN4O. The van der Waals surface area contributed by atoms with Gasteiger partial charge in [0.2, 0.25) is 5.89 Å². The third kappa shape index (κ3) is 2.59. The molecule has 96 valence electrons. The highest BCUT2D eigenvalue weighted by Gasteiger charge is 2.05. The smallest absolute Gasteiger partial charge is 0.320 e. The highest BCUT2D eigenvalue weighted by atomic mass is 79.9. The summed E-state index contributed by atoms with van der Waals surface area (Å²) in [5.41, 5.74) is 6.31. The summed E-state index contributed by atoms with van der Waals surface area (Å²) in [5.74, 6) is 0.409. The van der Waals surface area contributed by atoms with E-state index in [-0.39, 0.29) is 6.54 Å². The predicted octanol–water partition coefficient (Wildman–Crippen LogP) is 3.19. The summed E-state index contributed by atoms with van der Waals surface area (Å²) in [6, 6.07) is 12.5. The molecule has 2 aromatic carbocycles. The van der Waals surface area contributed by atoms with Gasteiger partial charge in [0.1, 0.15) is 0 Å². The van der Waals surface area contributed by atoms with Crippen LogP contribution in [0.3, 0.4) is 0 Å². The van der Waals surface area contributed by atoms with Gasteiger partial charge < -0.3 is 15.5 Å². The highest BCUT2D eigenvalue weighted by molar-refractivity contribution is 9.10. The van der Waals surface area contributed by atoms with Gasteiger partial charge in [-0.05, 0) is 35.0 Å². The van der Waals surface area contributed by atoms with Gasteiger partial charge in [0.05, 0.1) is 6.54 Å². The Kier molecular flexibility index (Phi) is 3.18. The number of hydrogen-bond acceptors (Lipinski definition) is 5. The van der Waals surface area contributed by atoms with Crippen LogP contribution in [0.2, 0.25) is 0 Å². The van der Waals surface area contributed by atoms with Gasteiger partial charge in [-0.1, -0.05) is 33.2 Å². The molecule has 0 aliphatic rings. The summed E-state index contributed by atoms with van der Waals surface area (Å²) in [7, 11) is 0. The summed E-state index contributed by atoms with van der Waals surface area (Å²) in [6.45, 7) is 0.237. The van der Waals surface area contributed by atoms with E-state index in [1.807, 2.05) is 30.3 Å². The van der Waals surface area contributed by atoms with Crippen LogP contribution >= 0.6 is 15.9 Å². The first-order valence-corrected chi connectivity index (χ1v) is 6.53. The van der Waals surface area contributed by atoms with E-state index in [0.29, 0.717) is 11.9 Å². The summed E-state index contributed by atoms with van der Waals surface area (Å²) in [4.78, 5) is 0. The number of nitrogens with one attached hydrogen (secondary N) is 1. The van der Waals surface area contributed by atoms with Crippen molar-refractivity contribution in [1.29, 1.82) is 0 Å². The maximum Gasteiger partial charge on any atom is 0.320 e. The lowest BCUT2D eigenvalue weighted by Gasteiger charge is -2.04. The van der Waals surface area contributed by atoms with Crippen LogP contribution in [0.4, 0.5) is 11.7 Å². The molecule has 0 bridgehead atoms. The predicted molar refractivity (Wildman–Crippen MR) is 77.1 cm³/mol. The Balaban J connectivity index is 1.90. The zero-order valence-electron chi connectivity index (χ0n) is 9.93. The van der Waals surface area contributed by atoms with Gasteiger partial charge in [-0.2, -0.15) is 0 Å². The lowest BCUT2D eigenvalue weighted by atomic mass is 10.1. The van der Waals surface area contributed by atoms with Crippen molar-refractivity contribution in [3.05, 3.63) is 46.8 Å². The molecule has 3 rings (SSSR count). The number of anilines is 2. The van der Waals surface area contributed by atoms with Crippen molar-refractivity contribution in [2.45, 2.75) is 6.54 Å². The lowest BCUT2D eigenvalue weighted by molar-refractivity contribution is 0.511. The molecule has 0 saturated heterocycles. The zero-order valence-corrected chi connectivity index (χ0v) is 11.5. The first-order valence-electron chi connectivity index (χ1n) is 5.73. The maximum absolute atomic E-state index is 5.42. The van der Waals surface area contributed by atoms with Crippen LogP contribution in [0, 0.1) is 0 Å². The Hall–Kier alpha value is -1.92. The summed E-state index contributed by atoms with van der Waals surface area (Å²) >= 11 is 3.45. The van der Waals surface area contributed by atoms with E-state index in [9.17, 15) is 0 Å². The van der Waals surface area contributed by atoms with E-state index < -0.39 is 0 Å². The summed E-state index contributed by atoms with van der Waals surface area (Å²) in [6.07, 6.45) is 0. The Bertz CT molecular complexity index is 725. The van der Waals surface area contributed by atoms with Crippen LogP contribution in [0.1, 0.15) is 5.89 Å². The number of aromatic nitrogens is 2. The maximum atomic E-state index is 5.42. The van der Waals surface area contributed by atoms with Crippen molar-refractivity contribution in [3.8, 4) is 0 Å². The average molecular weight is 319 g/mol. The van der Waals surface area contributed by atoms with E-state index in [1.54, 1.807) is 0 Å². The molecule has 0 unspecified atom stereocenters. The molecule has 0 radical (unpaired) electrons. The molecule has 19 heavy (non-hydrogen) atoms. The van der Waals surface area contributed by atoms with Gasteiger partial charge in [-0.25, -0.2) is 0 Å². The van der Waals surface area contributed by atoms with Gasteiger partial charge in [0, 0.05) is 10.2 Å². The highest BCUT2D eigenvalue weighted by Crippen LogP contribution is 2.24. The third-order valence-corrected chi connectivity index (χ3v) is 3.19. The van der Waals surface area contributed by atoms with E-state index in [2.05, 4.69) is 37.5 Å². The molecule has 3 N–H and O–H groups in total. The fourth-order valence-electron chi connectivity index (χ4n) is 1.80. The van der Waals surface area contributed by atoms with E-state index in [0.717, 1.165) is 20.9 Å². The quantitative estimate of drug-likeness (QED) is 0.775. The summed E-state index contributed by atoms with van der Waals surface area (Å²) in [5, 5.41) is 13.0. The Morgan fingerprint density at radius 3 is 2.68 bits per heavy atom. The average Bonchev–Trinajstić information content (AvgIpc) is 2.86. The minimum absolute atomic E-state index is 0.237. The minimum Gasteiger partial charge on any atom is -0.406 e. The van der Waals surface area contributed by atoms with Crippen molar-refractivity contribution in [2.75, 3.05) is 5.32 Å². The number of nitrogens with zero attached hydrogens (tertiary/aromatic N) is 2. The second-order valence-electron chi connectivity index (χ2n) is 4.04. The Labute approximate surface area is 117 Å². The molecule has 1 heterocycles. The van der Waals surface area contributed by atoms with E-state index >= 15 is 0 Å². The number of halogens is 1. The van der Waals surface area contributed by atoms with Crippen LogP contribution < -0.4 is 11.1 Å². The molecule has 0 aliphatic carbocycles. The molecule has 0 amide bonds. The van der Waals surface area contributed by atoms with E-state index in [1.165, 1.54) is 0 Å². The van der Waals surface area contributed by atoms with Crippen LogP contribution in [0.25, 0.3) is 10.8 Å². The Morgan fingerprint density at radius 1 is 1.11 bits per heavy atom. The molecule has 1 aromatic heterocycles. The van der Waals surface area contributed by atoms with Crippen LogP contribution in [-0.2, 0) is 6.54 Å². The van der Waals surface area contributed by atoms with Gasteiger partial charge in [-0.15, -0.1) is 5.10 Å². The largest absolute Gasteiger partial charge is 0.406 e. The summed E-state index contributed by atoms with van der Waals surface area (Å²) < 4.78 is 6.36. The molecule has 0 fully saturated rings. The van der Waals surface area contributed by atoms with Crippen molar-refractivity contribution in [3.63, 3.8) is 0 Å². The molecule has 0 spiro atoms. The Morgan fingerprint density at radius 2 is 1.89 bits per heavy atom. The van der Waals surface area contributed by atoms with Crippen LogP contribution in [0.5, 0.6) is 0 Å². The molecule has 0 atom stereocenters. The number of rotatable bonds is 3. The fourth-order valence-corrected chi connectivity index (χ4v) is 2.18. The number of benzene rings is 2. The topological polar surface area (TPSA) is 77.0 Å². The van der Waals surface area contributed by atoms with Crippen LogP contribution in [-0.4, -0.2) is 10.2 Å². The second kappa shape index (κ2) is 4.99. The van der Waals surface area contributed by atoms with Gasteiger partial charge in [-0.3, -0.25) is 0 Å². The van der Waals surface area contributed by atoms with Gasteiger partial charge in [0.15, 0.2) is 0 Å². The van der Waals surface area contributed by atoms with Crippen molar-refractivity contribution in [1.82, 2.24) is 10.2 Å². The molecule has 6 heteroatoms. The molecule has 5 nitrogen and oxygen atoms in total. The van der Waals surface area contributed by atoms with Crippen LogP contribution in [0.15, 0.2) is 45.3 Å². The fraction of sp³-hybridized carbons (Fsp3) is 0.0769. The lowest BCUT2D eigenvalue weighted by Crippen LogP contribution is -1.95. The second-order valence-corrected chi connectivity index (χ2v) is 4.95. The SMILES string of the molecule is NCc1nnc(Nc2ccc3cc(Br)ccc3c2)o1. The molecular weight excluding hydrogens is 308 g/mol. The third-order valence-electron chi connectivity index (χ3n) is 2.70. The van der Waals surface area contributed by atoms with E-state index in [4.69, 9.17) is 10.2 Å².